The molecule has 0 spiro atoms. The molecule has 1 aliphatic heterocycles. The van der Waals surface area contributed by atoms with Gasteiger partial charge in [0.1, 0.15) is 18.4 Å². The molecule has 0 bridgehead atoms. The highest BCUT2D eigenvalue weighted by molar-refractivity contribution is 6.02. The highest BCUT2D eigenvalue weighted by Crippen LogP contribution is 2.33. The fourth-order valence-corrected chi connectivity index (χ4v) is 2.10. The molecule has 1 unspecified atom stereocenters. The van der Waals surface area contributed by atoms with Crippen molar-refractivity contribution < 1.29 is 14.3 Å². The van der Waals surface area contributed by atoms with Crippen LogP contribution in [0.1, 0.15) is 25.5 Å². The third kappa shape index (κ3) is 3.24. The van der Waals surface area contributed by atoms with Gasteiger partial charge in [0, 0.05) is 23.9 Å². The van der Waals surface area contributed by atoms with Crippen LogP contribution in [-0.2, 0) is 9.53 Å². The van der Waals surface area contributed by atoms with E-state index in [2.05, 4.69) is 10.6 Å². The standard InChI is InChI=1S/C14H20N2O3/c1-3-15-13-11-6-5-10(19-8-7-18-4-2)9-12(11)16-14(13)17/h5-6,9,13,15H,3-4,7-8H2,1-2H3,(H,16,17). The van der Waals surface area contributed by atoms with E-state index >= 15 is 0 Å². The predicted molar refractivity (Wildman–Crippen MR) is 73.5 cm³/mol. The Morgan fingerprint density at radius 2 is 2.16 bits per heavy atom. The van der Waals surface area contributed by atoms with Crippen LogP contribution in [0.25, 0.3) is 0 Å². The number of carbonyl (C=O) groups excluding carboxylic acids is 1. The second kappa shape index (κ2) is 6.54. The Hall–Kier alpha value is -1.59. The molecule has 0 fully saturated rings. The van der Waals surface area contributed by atoms with Gasteiger partial charge in [-0.25, -0.2) is 0 Å². The van der Waals surface area contributed by atoms with Gasteiger partial charge in [0.05, 0.1) is 6.61 Å². The van der Waals surface area contributed by atoms with E-state index in [0.717, 1.165) is 23.5 Å². The monoisotopic (exact) mass is 264 g/mol. The number of nitrogens with one attached hydrogen (secondary N) is 2. The van der Waals surface area contributed by atoms with Gasteiger partial charge in [-0.05, 0) is 19.5 Å². The number of benzene rings is 1. The Bertz CT molecular complexity index is 448. The summed E-state index contributed by atoms with van der Waals surface area (Å²) in [6.45, 7) is 6.46. The molecule has 5 nitrogen and oxygen atoms in total. The number of amides is 1. The zero-order valence-electron chi connectivity index (χ0n) is 11.4. The maximum absolute atomic E-state index is 11.8. The van der Waals surface area contributed by atoms with Crippen molar-refractivity contribution >= 4 is 11.6 Å². The van der Waals surface area contributed by atoms with E-state index in [0.29, 0.717) is 19.8 Å². The number of anilines is 1. The summed E-state index contributed by atoms with van der Waals surface area (Å²) in [4.78, 5) is 11.8. The van der Waals surface area contributed by atoms with E-state index in [4.69, 9.17) is 9.47 Å². The zero-order valence-corrected chi connectivity index (χ0v) is 11.4. The van der Waals surface area contributed by atoms with Crippen LogP contribution in [0.3, 0.4) is 0 Å². The third-order valence-electron chi connectivity index (χ3n) is 2.96. The van der Waals surface area contributed by atoms with E-state index in [9.17, 15) is 4.79 Å². The number of carbonyl (C=O) groups is 1. The van der Waals surface area contributed by atoms with E-state index < -0.39 is 0 Å². The maximum Gasteiger partial charge on any atom is 0.246 e. The quantitative estimate of drug-likeness (QED) is 0.736. The van der Waals surface area contributed by atoms with Gasteiger partial charge in [-0.15, -0.1) is 0 Å². The van der Waals surface area contributed by atoms with Gasteiger partial charge in [0.25, 0.3) is 0 Å². The molecule has 0 saturated carbocycles. The summed E-state index contributed by atoms with van der Waals surface area (Å²) in [7, 11) is 0. The molecule has 104 valence electrons. The van der Waals surface area contributed by atoms with Crippen molar-refractivity contribution in [3.8, 4) is 5.75 Å². The fourth-order valence-electron chi connectivity index (χ4n) is 2.10. The minimum Gasteiger partial charge on any atom is -0.491 e. The molecule has 1 amide bonds. The van der Waals surface area contributed by atoms with Crippen LogP contribution >= 0.6 is 0 Å². The normalized spacial score (nSPS) is 17.2. The Labute approximate surface area is 113 Å². The summed E-state index contributed by atoms with van der Waals surface area (Å²) in [5, 5.41) is 6.02. The highest BCUT2D eigenvalue weighted by Gasteiger charge is 2.29. The molecule has 2 rings (SSSR count). The molecule has 2 N–H and O–H groups in total. The van der Waals surface area contributed by atoms with Crippen LogP contribution in [-0.4, -0.2) is 32.3 Å². The number of hydrogen-bond donors (Lipinski definition) is 2. The highest BCUT2D eigenvalue weighted by atomic mass is 16.5. The van der Waals surface area contributed by atoms with Gasteiger partial charge in [-0.3, -0.25) is 4.79 Å². The largest absolute Gasteiger partial charge is 0.491 e. The average Bonchev–Trinajstić information content (AvgIpc) is 2.71. The SMILES string of the molecule is CCNC1C(=O)Nc2cc(OCCOCC)ccc21. The molecular weight excluding hydrogens is 244 g/mol. The van der Waals surface area contributed by atoms with E-state index in [1.165, 1.54) is 0 Å². The van der Waals surface area contributed by atoms with Crippen molar-refractivity contribution in [2.75, 3.05) is 31.7 Å². The molecule has 19 heavy (non-hydrogen) atoms. The van der Waals surface area contributed by atoms with E-state index in [1.807, 2.05) is 32.0 Å². The van der Waals surface area contributed by atoms with Gasteiger partial charge in [-0.2, -0.15) is 0 Å². The van der Waals surface area contributed by atoms with Gasteiger partial charge in [0.15, 0.2) is 0 Å². The topological polar surface area (TPSA) is 59.6 Å². The molecule has 1 heterocycles. The lowest BCUT2D eigenvalue weighted by molar-refractivity contribution is -0.117. The minimum atomic E-state index is -0.252. The molecule has 1 aliphatic rings. The molecule has 0 saturated heterocycles. The predicted octanol–water partition coefficient (Wildman–Crippen LogP) is 1.70. The van der Waals surface area contributed by atoms with Crippen LogP contribution in [0.5, 0.6) is 5.75 Å². The summed E-state index contributed by atoms with van der Waals surface area (Å²) in [5.74, 6) is 0.735. The summed E-state index contributed by atoms with van der Waals surface area (Å²) < 4.78 is 10.8. The van der Waals surface area contributed by atoms with Crippen molar-refractivity contribution in [1.29, 1.82) is 0 Å². The van der Waals surface area contributed by atoms with Crippen LogP contribution in [0.4, 0.5) is 5.69 Å². The second-order valence-corrected chi connectivity index (χ2v) is 4.27. The molecule has 1 aromatic rings. The Morgan fingerprint density at radius 1 is 1.32 bits per heavy atom. The molecular formula is C14H20N2O3. The lowest BCUT2D eigenvalue weighted by Gasteiger charge is -2.10. The van der Waals surface area contributed by atoms with Crippen molar-refractivity contribution in [3.63, 3.8) is 0 Å². The lowest BCUT2D eigenvalue weighted by Crippen LogP contribution is -2.27. The lowest BCUT2D eigenvalue weighted by atomic mass is 10.1. The summed E-state index contributed by atoms with van der Waals surface area (Å²) >= 11 is 0. The van der Waals surface area contributed by atoms with Gasteiger partial charge in [0.2, 0.25) is 5.91 Å². The van der Waals surface area contributed by atoms with E-state index in [-0.39, 0.29) is 11.9 Å². The molecule has 1 aromatic carbocycles. The Morgan fingerprint density at radius 3 is 2.89 bits per heavy atom. The van der Waals surface area contributed by atoms with Gasteiger partial charge >= 0.3 is 0 Å². The fraction of sp³-hybridized carbons (Fsp3) is 0.500. The zero-order chi connectivity index (χ0) is 13.7. The van der Waals surface area contributed by atoms with E-state index in [1.54, 1.807) is 0 Å². The van der Waals surface area contributed by atoms with Crippen molar-refractivity contribution in [2.45, 2.75) is 19.9 Å². The Balaban J connectivity index is 2.01. The van der Waals surface area contributed by atoms with Crippen LogP contribution in [0, 0.1) is 0 Å². The first-order valence-corrected chi connectivity index (χ1v) is 6.65. The average molecular weight is 264 g/mol. The van der Waals surface area contributed by atoms with Gasteiger partial charge in [-0.1, -0.05) is 13.0 Å². The molecule has 0 aromatic heterocycles. The first-order valence-electron chi connectivity index (χ1n) is 6.65. The summed E-state index contributed by atoms with van der Waals surface area (Å²) in [6, 6.07) is 5.42. The van der Waals surface area contributed by atoms with Crippen LogP contribution in [0.15, 0.2) is 18.2 Å². The number of fused-ring (bicyclic) bond motifs is 1. The molecule has 5 heteroatoms. The van der Waals surface area contributed by atoms with Crippen molar-refractivity contribution in [1.82, 2.24) is 5.32 Å². The number of hydrogen-bond acceptors (Lipinski definition) is 4. The number of rotatable bonds is 7. The summed E-state index contributed by atoms with van der Waals surface area (Å²) in [5.41, 5.74) is 1.80. The van der Waals surface area contributed by atoms with Crippen LogP contribution < -0.4 is 15.4 Å². The summed E-state index contributed by atoms with van der Waals surface area (Å²) in [6.07, 6.45) is 0. The molecule has 0 radical (unpaired) electrons. The van der Waals surface area contributed by atoms with Gasteiger partial charge < -0.3 is 20.1 Å². The smallest absolute Gasteiger partial charge is 0.246 e. The first kappa shape index (κ1) is 13.8. The second-order valence-electron chi connectivity index (χ2n) is 4.27. The number of ether oxygens (including phenoxy) is 2. The third-order valence-corrected chi connectivity index (χ3v) is 2.96. The Kier molecular flexibility index (Phi) is 4.76. The van der Waals surface area contributed by atoms with Crippen LogP contribution in [0.2, 0.25) is 0 Å². The first-order chi connectivity index (χ1) is 9.26. The van der Waals surface area contributed by atoms with Crippen molar-refractivity contribution in [2.24, 2.45) is 0 Å². The minimum absolute atomic E-state index is 0.0108. The van der Waals surface area contributed by atoms with Crippen molar-refractivity contribution in [3.05, 3.63) is 23.8 Å². The maximum atomic E-state index is 11.8. The molecule has 1 atom stereocenters. The molecule has 0 aliphatic carbocycles. The number of likely N-dealkylation sites (N-methyl/N-ethyl adjacent to an activating group) is 1.